The average molecular weight is 446 g/mol. The molecule has 2 aromatic heterocycles. The van der Waals surface area contributed by atoms with E-state index in [4.69, 9.17) is 11.6 Å². The first-order chi connectivity index (χ1) is 14.8. The zero-order chi connectivity index (χ0) is 22.2. The van der Waals surface area contributed by atoms with Crippen LogP contribution >= 0.6 is 11.6 Å². The Kier molecular flexibility index (Phi) is 5.85. The Morgan fingerprint density at radius 1 is 1.32 bits per heavy atom. The van der Waals surface area contributed by atoms with Gasteiger partial charge in [-0.05, 0) is 48.4 Å². The summed E-state index contributed by atoms with van der Waals surface area (Å²) in [4.78, 5) is 17.8. The summed E-state index contributed by atoms with van der Waals surface area (Å²) >= 11 is 6.26. The number of carbonyl (C=O) groups is 1. The molecule has 7 nitrogen and oxygen atoms in total. The minimum atomic E-state index is -0.746. The van der Waals surface area contributed by atoms with Crippen molar-refractivity contribution in [1.29, 1.82) is 0 Å². The van der Waals surface area contributed by atoms with Crippen LogP contribution in [0.2, 0.25) is 5.02 Å². The fourth-order valence-electron chi connectivity index (χ4n) is 4.37. The predicted molar refractivity (Wildman–Crippen MR) is 117 cm³/mol. The molecular formula is C22H25ClFN5O2. The molecule has 3 heterocycles. The molecule has 3 aromatic rings. The predicted octanol–water partition coefficient (Wildman–Crippen LogP) is 4.75. The molecule has 31 heavy (non-hydrogen) atoms. The monoisotopic (exact) mass is 445 g/mol. The van der Waals surface area contributed by atoms with Crippen molar-refractivity contribution in [2.45, 2.75) is 32.8 Å². The molecule has 2 amide bonds. The molecule has 3 N–H and O–H groups in total. The van der Waals surface area contributed by atoms with Crippen LogP contribution in [0.25, 0.3) is 10.9 Å². The number of nitrogens with one attached hydrogen (secondary N) is 2. The number of carbonyl (C=O) groups excluding carboxylic acids is 1. The average Bonchev–Trinajstić information content (AvgIpc) is 3.22. The number of rotatable bonds is 4. The molecule has 164 valence electrons. The number of fused-ring (bicyclic) bond motifs is 1. The lowest BCUT2D eigenvalue weighted by molar-refractivity contribution is -0.0138. The number of hydrogen-bond donors (Lipinski definition) is 3. The van der Waals surface area contributed by atoms with Gasteiger partial charge in [0.05, 0.1) is 29.7 Å². The number of anilines is 1. The van der Waals surface area contributed by atoms with Gasteiger partial charge < -0.3 is 15.3 Å². The molecule has 1 atom stereocenters. The number of nitrogens with zero attached hydrogens (tertiary/aromatic N) is 3. The van der Waals surface area contributed by atoms with Gasteiger partial charge in [0.15, 0.2) is 0 Å². The Morgan fingerprint density at radius 2 is 2.06 bits per heavy atom. The topological polar surface area (TPSA) is 94.1 Å². The fourth-order valence-corrected chi connectivity index (χ4v) is 4.60. The summed E-state index contributed by atoms with van der Waals surface area (Å²) in [6.45, 7) is 5.23. The lowest BCUT2D eigenvalue weighted by Crippen LogP contribution is -2.45. The molecule has 0 aliphatic carbocycles. The fraction of sp³-hybridized carbons (Fsp3) is 0.409. The van der Waals surface area contributed by atoms with E-state index >= 15 is 0 Å². The standard InChI is InChI=1S/C22H25ClFN5O2/c1-22(2,20(30)17-10-15(23)9-13-11-26-28-19(13)17)14-5-7-29(8-6-14)21(31)27-16-3-4-18(24)25-12-16/h3-4,9-12,14,20,30H,5-8H2,1-2H3,(H,26,28)(H,27,31)/t20-/m1/s1. The molecule has 4 rings (SSSR count). The number of piperidine rings is 1. The van der Waals surface area contributed by atoms with E-state index in [-0.39, 0.29) is 11.9 Å². The number of hydrogen-bond acceptors (Lipinski definition) is 4. The number of aliphatic hydroxyl groups excluding tert-OH is 1. The molecule has 1 fully saturated rings. The summed E-state index contributed by atoms with van der Waals surface area (Å²) in [6, 6.07) is 6.05. The molecular weight excluding hydrogens is 421 g/mol. The molecule has 0 unspecified atom stereocenters. The Labute approximate surface area is 184 Å². The van der Waals surface area contributed by atoms with Crippen molar-refractivity contribution in [2.75, 3.05) is 18.4 Å². The molecule has 1 aromatic carbocycles. The maximum atomic E-state index is 12.9. The van der Waals surface area contributed by atoms with E-state index in [1.807, 2.05) is 19.9 Å². The highest BCUT2D eigenvalue weighted by molar-refractivity contribution is 6.31. The van der Waals surface area contributed by atoms with Crippen molar-refractivity contribution >= 4 is 34.2 Å². The van der Waals surface area contributed by atoms with Crippen molar-refractivity contribution < 1.29 is 14.3 Å². The molecule has 1 aliphatic heterocycles. The first-order valence-corrected chi connectivity index (χ1v) is 10.6. The number of urea groups is 1. The third kappa shape index (κ3) is 4.36. The number of benzene rings is 1. The quantitative estimate of drug-likeness (QED) is 0.505. The van der Waals surface area contributed by atoms with E-state index < -0.39 is 17.5 Å². The van der Waals surface area contributed by atoms with Gasteiger partial charge in [-0.1, -0.05) is 25.4 Å². The van der Waals surface area contributed by atoms with Crippen LogP contribution in [-0.4, -0.2) is 44.3 Å². The van der Waals surface area contributed by atoms with Crippen molar-refractivity contribution in [3.8, 4) is 0 Å². The van der Waals surface area contributed by atoms with Gasteiger partial charge in [-0.25, -0.2) is 9.78 Å². The first-order valence-electron chi connectivity index (χ1n) is 10.2. The summed E-state index contributed by atoms with van der Waals surface area (Å²) in [5.74, 6) is -0.386. The molecule has 0 bridgehead atoms. The SMILES string of the molecule is CC(C)(C1CCN(C(=O)Nc2ccc(F)nc2)CC1)[C@H](O)c1cc(Cl)cc2cn[nH]c12. The molecule has 1 aliphatic rings. The van der Waals surface area contributed by atoms with Crippen molar-refractivity contribution in [3.05, 3.63) is 53.2 Å². The second kappa shape index (κ2) is 8.43. The number of aliphatic hydroxyl groups is 1. The van der Waals surface area contributed by atoms with Crippen LogP contribution in [0, 0.1) is 17.3 Å². The largest absolute Gasteiger partial charge is 0.388 e. The Bertz CT molecular complexity index is 1080. The second-order valence-corrected chi connectivity index (χ2v) is 9.05. The van der Waals surface area contributed by atoms with Crippen LogP contribution in [-0.2, 0) is 0 Å². The van der Waals surface area contributed by atoms with Gasteiger partial charge in [-0.15, -0.1) is 0 Å². The van der Waals surface area contributed by atoms with E-state index in [0.29, 0.717) is 23.8 Å². The van der Waals surface area contributed by atoms with Crippen LogP contribution in [0.1, 0.15) is 38.4 Å². The minimum Gasteiger partial charge on any atom is -0.388 e. The zero-order valence-electron chi connectivity index (χ0n) is 17.4. The number of likely N-dealkylation sites (tertiary alicyclic amines) is 1. The Morgan fingerprint density at radius 3 is 2.74 bits per heavy atom. The number of pyridine rings is 1. The smallest absolute Gasteiger partial charge is 0.321 e. The molecule has 0 saturated carbocycles. The summed E-state index contributed by atoms with van der Waals surface area (Å²) in [7, 11) is 0. The van der Waals surface area contributed by atoms with Crippen LogP contribution < -0.4 is 5.32 Å². The zero-order valence-corrected chi connectivity index (χ0v) is 18.2. The number of aromatic amines is 1. The Hall–Kier alpha value is -2.71. The molecule has 0 radical (unpaired) electrons. The summed E-state index contributed by atoms with van der Waals surface area (Å²) < 4.78 is 12.9. The second-order valence-electron chi connectivity index (χ2n) is 8.61. The third-order valence-corrected chi connectivity index (χ3v) is 6.57. The lowest BCUT2D eigenvalue weighted by Gasteiger charge is -2.43. The van der Waals surface area contributed by atoms with E-state index in [2.05, 4.69) is 20.5 Å². The van der Waals surface area contributed by atoms with Crippen molar-refractivity contribution in [1.82, 2.24) is 20.1 Å². The summed E-state index contributed by atoms with van der Waals surface area (Å²) in [6.07, 6.45) is 3.75. The van der Waals surface area contributed by atoms with E-state index in [9.17, 15) is 14.3 Å². The maximum Gasteiger partial charge on any atom is 0.321 e. The third-order valence-electron chi connectivity index (χ3n) is 6.36. The van der Waals surface area contributed by atoms with Crippen molar-refractivity contribution in [3.63, 3.8) is 0 Å². The normalized spacial score (nSPS) is 16.5. The number of aromatic nitrogens is 3. The molecule has 1 saturated heterocycles. The van der Waals surface area contributed by atoms with Gasteiger partial charge in [0.2, 0.25) is 5.95 Å². The van der Waals surface area contributed by atoms with Crippen LogP contribution in [0.3, 0.4) is 0 Å². The van der Waals surface area contributed by atoms with Gasteiger partial charge in [0.25, 0.3) is 0 Å². The van der Waals surface area contributed by atoms with Crippen LogP contribution in [0.5, 0.6) is 0 Å². The summed E-state index contributed by atoms with van der Waals surface area (Å²) in [5, 5.41) is 22.5. The minimum absolute atomic E-state index is 0.205. The highest BCUT2D eigenvalue weighted by atomic mass is 35.5. The van der Waals surface area contributed by atoms with Gasteiger partial charge >= 0.3 is 6.03 Å². The highest BCUT2D eigenvalue weighted by Crippen LogP contribution is 2.46. The van der Waals surface area contributed by atoms with Crippen molar-refractivity contribution in [2.24, 2.45) is 11.3 Å². The van der Waals surface area contributed by atoms with Crippen LogP contribution in [0.15, 0.2) is 36.7 Å². The van der Waals surface area contributed by atoms with E-state index in [1.54, 1.807) is 17.2 Å². The molecule has 9 heteroatoms. The van der Waals surface area contributed by atoms with E-state index in [1.165, 1.54) is 18.3 Å². The maximum absolute atomic E-state index is 12.9. The molecule has 0 spiro atoms. The number of amides is 2. The number of halogens is 2. The van der Waals surface area contributed by atoms with Gasteiger partial charge in [0.1, 0.15) is 0 Å². The highest BCUT2D eigenvalue weighted by Gasteiger charge is 2.40. The van der Waals surface area contributed by atoms with Gasteiger partial charge in [-0.2, -0.15) is 9.49 Å². The Balaban J connectivity index is 1.42. The lowest BCUT2D eigenvalue weighted by atomic mass is 9.68. The van der Waals surface area contributed by atoms with E-state index in [0.717, 1.165) is 29.3 Å². The first kappa shape index (κ1) is 21.5. The van der Waals surface area contributed by atoms with Gasteiger partial charge in [0, 0.05) is 29.1 Å². The summed E-state index contributed by atoms with van der Waals surface area (Å²) in [5.41, 5.74) is 1.53. The number of H-pyrrole nitrogens is 1. The van der Waals surface area contributed by atoms with Crippen LogP contribution in [0.4, 0.5) is 14.9 Å². The van der Waals surface area contributed by atoms with Gasteiger partial charge in [-0.3, -0.25) is 5.10 Å².